The molecule has 2 aromatic carbocycles. The summed E-state index contributed by atoms with van der Waals surface area (Å²) in [5.74, 6) is 1.46. The summed E-state index contributed by atoms with van der Waals surface area (Å²) in [7, 11) is -3.52. The van der Waals surface area contributed by atoms with Crippen LogP contribution in [0.25, 0.3) is 0 Å². The van der Waals surface area contributed by atoms with E-state index in [9.17, 15) is 8.42 Å². The minimum atomic E-state index is -3.52. The molecular weight excluding hydrogens is 509 g/mol. The van der Waals surface area contributed by atoms with Gasteiger partial charge in [-0.1, -0.05) is 49.2 Å². The molecule has 0 amide bonds. The van der Waals surface area contributed by atoms with Crippen molar-refractivity contribution in [3.63, 3.8) is 0 Å². The first-order chi connectivity index (χ1) is 15.4. The first-order valence-electron chi connectivity index (χ1n) is 10.0. The molecule has 0 radical (unpaired) electrons. The van der Waals surface area contributed by atoms with Crippen LogP contribution in [0.1, 0.15) is 43.8 Å². The van der Waals surface area contributed by atoms with E-state index in [0.717, 1.165) is 23.8 Å². The fourth-order valence-corrected chi connectivity index (χ4v) is 4.85. The van der Waals surface area contributed by atoms with E-state index in [4.69, 9.17) is 48.7 Å². The van der Waals surface area contributed by atoms with E-state index in [2.05, 4.69) is 18.8 Å². The molecule has 3 rings (SSSR count). The van der Waals surface area contributed by atoms with Crippen LogP contribution in [0.15, 0.2) is 52.2 Å². The van der Waals surface area contributed by atoms with Crippen LogP contribution in [-0.4, -0.2) is 32.1 Å². The number of nitrogens with zero attached hydrogens (tertiary/aromatic N) is 1. The van der Waals surface area contributed by atoms with Crippen LogP contribution < -0.4 is 9.47 Å². The smallest absolute Gasteiger partial charge is 0.200 e. The van der Waals surface area contributed by atoms with Crippen LogP contribution in [-0.2, 0) is 15.3 Å². The van der Waals surface area contributed by atoms with E-state index in [0.29, 0.717) is 34.0 Å². The number of rotatable bonds is 9. The minimum absolute atomic E-state index is 0.125. The van der Waals surface area contributed by atoms with Gasteiger partial charge in [-0.05, 0) is 42.3 Å². The van der Waals surface area contributed by atoms with E-state index < -0.39 is 21.4 Å². The number of hydrogen-bond donors (Lipinski definition) is 0. The Labute approximate surface area is 208 Å². The summed E-state index contributed by atoms with van der Waals surface area (Å²) in [5.41, 5.74) is 1.49. The number of oxazole rings is 1. The molecule has 178 valence electrons. The largest absolute Gasteiger partial charge is 0.489 e. The second-order valence-electron chi connectivity index (χ2n) is 8.01. The molecular formula is C23H24Cl3NO5S. The molecule has 0 spiro atoms. The van der Waals surface area contributed by atoms with Gasteiger partial charge < -0.3 is 13.9 Å². The van der Waals surface area contributed by atoms with Crippen molar-refractivity contribution in [1.82, 2.24) is 4.98 Å². The highest BCUT2D eigenvalue weighted by Gasteiger charge is 2.27. The predicted molar refractivity (Wildman–Crippen MR) is 130 cm³/mol. The lowest BCUT2D eigenvalue weighted by Crippen LogP contribution is -2.19. The molecule has 0 aliphatic rings. The molecule has 1 unspecified atom stereocenters. The molecule has 0 saturated heterocycles. The van der Waals surface area contributed by atoms with Gasteiger partial charge in [0.2, 0.25) is 0 Å². The summed E-state index contributed by atoms with van der Waals surface area (Å²) >= 11 is 18.5. The van der Waals surface area contributed by atoms with Crippen LogP contribution in [0.5, 0.6) is 11.5 Å². The highest BCUT2D eigenvalue weighted by Crippen LogP contribution is 2.41. The van der Waals surface area contributed by atoms with Crippen molar-refractivity contribution in [2.24, 2.45) is 0 Å². The minimum Gasteiger partial charge on any atom is -0.489 e. The maximum absolute atomic E-state index is 11.9. The Morgan fingerprint density at radius 2 is 1.70 bits per heavy atom. The average molecular weight is 533 g/mol. The van der Waals surface area contributed by atoms with Crippen molar-refractivity contribution >= 4 is 44.6 Å². The molecule has 0 N–H and O–H groups in total. The van der Waals surface area contributed by atoms with Crippen LogP contribution in [0.2, 0.25) is 10.0 Å². The van der Waals surface area contributed by atoms with E-state index in [1.165, 1.54) is 0 Å². The van der Waals surface area contributed by atoms with Crippen molar-refractivity contribution < 1.29 is 22.3 Å². The van der Waals surface area contributed by atoms with Crippen LogP contribution in [0, 0.1) is 0 Å². The van der Waals surface area contributed by atoms with E-state index in [-0.39, 0.29) is 10.8 Å². The predicted octanol–water partition coefficient (Wildman–Crippen LogP) is 6.47. The molecule has 0 fully saturated rings. The van der Waals surface area contributed by atoms with E-state index in [1.807, 2.05) is 36.4 Å². The monoisotopic (exact) mass is 531 g/mol. The first kappa shape index (κ1) is 25.7. The van der Waals surface area contributed by atoms with Gasteiger partial charge in [0.15, 0.2) is 38.9 Å². The molecule has 10 heteroatoms. The molecule has 1 heterocycles. The number of halogens is 3. The Kier molecular flexibility index (Phi) is 7.89. The van der Waals surface area contributed by atoms with Gasteiger partial charge in [-0.2, -0.15) is 0 Å². The lowest BCUT2D eigenvalue weighted by molar-refractivity contribution is 0.191. The van der Waals surface area contributed by atoms with Crippen molar-refractivity contribution in [3.05, 3.63) is 69.7 Å². The zero-order valence-electron chi connectivity index (χ0n) is 18.6. The summed E-state index contributed by atoms with van der Waals surface area (Å²) in [5, 5.41) is 0.705. The van der Waals surface area contributed by atoms with Crippen LogP contribution in [0.4, 0.5) is 0 Å². The molecule has 0 aliphatic heterocycles. The number of hydrogen-bond acceptors (Lipinski definition) is 6. The van der Waals surface area contributed by atoms with Gasteiger partial charge in [0, 0.05) is 11.7 Å². The molecule has 1 atom stereocenters. The third kappa shape index (κ3) is 5.77. The Hall–Kier alpha value is -1.93. The van der Waals surface area contributed by atoms with Gasteiger partial charge in [-0.15, -0.1) is 11.6 Å². The van der Waals surface area contributed by atoms with E-state index >= 15 is 0 Å². The lowest BCUT2D eigenvalue weighted by Gasteiger charge is -2.27. The number of ether oxygens (including phenoxy) is 2. The standard InChI is InChI=1S/C23H24Cl3NO5S/c1-14(20-22(27-13-31-20)33(4,28)29)32-17-7-5-15(6-8-17)23(2,3)16-11-18(25)21(19(26)12-16)30-10-9-24/h5-8,11-14H,9-10H2,1-4H3. The number of aromatic nitrogens is 1. The fourth-order valence-electron chi connectivity index (χ4n) is 3.37. The average Bonchev–Trinajstić information content (AvgIpc) is 3.24. The molecule has 3 aromatic rings. The second-order valence-corrected chi connectivity index (χ2v) is 11.1. The highest BCUT2D eigenvalue weighted by molar-refractivity contribution is 7.90. The zero-order chi connectivity index (χ0) is 24.4. The van der Waals surface area contributed by atoms with Crippen molar-refractivity contribution in [2.45, 2.75) is 37.3 Å². The molecule has 1 aromatic heterocycles. The summed E-state index contributed by atoms with van der Waals surface area (Å²) in [6.07, 6.45) is 1.53. The zero-order valence-corrected chi connectivity index (χ0v) is 21.6. The molecule has 0 bridgehead atoms. The van der Waals surface area contributed by atoms with Gasteiger partial charge in [0.25, 0.3) is 0 Å². The maximum Gasteiger partial charge on any atom is 0.200 e. The summed E-state index contributed by atoms with van der Waals surface area (Å²) in [6, 6.07) is 11.1. The Balaban J connectivity index is 1.81. The summed E-state index contributed by atoms with van der Waals surface area (Å²) in [6.45, 7) is 6.12. The van der Waals surface area contributed by atoms with Crippen molar-refractivity contribution in [1.29, 1.82) is 0 Å². The topological polar surface area (TPSA) is 78.6 Å². The van der Waals surface area contributed by atoms with Crippen molar-refractivity contribution in [3.8, 4) is 11.5 Å². The van der Waals surface area contributed by atoms with Gasteiger partial charge in [-0.25, -0.2) is 13.4 Å². The second kappa shape index (κ2) is 10.1. The highest BCUT2D eigenvalue weighted by atomic mass is 35.5. The summed E-state index contributed by atoms with van der Waals surface area (Å²) < 4.78 is 40.4. The molecule has 6 nitrogen and oxygen atoms in total. The third-order valence-corrected chi connectivity index (χ3v) is 6.94. The summed E-state index contributed by atoms with van der Waals surface area (Å²) in [4.78, 5) is 3.80. The van der Waals surface area contributed by atoms with Gasteiger partial charge in [0.1, 0.15) is 12.4 Å². The van der Waals surface area contributed by atoms with Gasteiger partial charge in [0.05, 0.1) is 15.9 Å². The van der Waals surface area contributed by atoms with Gasteiger partial charge in [-0.3, -0.25) is 0 Å². The Morgan fingerprint density at radius 1 is 1.09 bits per heavy atom. The molecule has 0 aliphatic carbocycles. The van der Waals surface area contributed by atoms with Gasteiger partial charge >= 0.3 is 0 Å². The number of alkyl halides is 1. The number of sulfone groups is 1. The molecule has 0 saturated carbocycles. The van der Waals surface area contributed by atoms with Crippen molar-refractivity contribution in [2.75, 3.05) is 18.7 Å². The van der Waals surface area contributed by atoms with Crippen LogP contribution in [0.3, 0.4) is 0 Å². The van der Waals surface area contributed by atoms with E-state index in [1.54, 1.807) is 6.92 Å². The Bertz CT molecular complexity index is 1200. The van der Waals surface area contributed by atoms with Crippen LogP contribution >= 0.6 is 34.8 Å². The molecule has 33 heavy (non-hydrogen) atoms. The number of benzene rings is 2. The normalized spacial score (nSPS) is 13.1. The first-order valence-corrected chi connectivity index (χ1v) is 13.2. The quantitative estimate of drug-likeness (QED) is 0.294. The maximum atomic E-state index is 11.9. The SMILES string of the molecule is CC(Oc1ccc(C(C)(C)c2cc(Cl)c(OCCCl)c(Cl)c2)cc1)c1ocnc1S(C)(=O)=O. The Morgan fingerprint density at radius 3 is 2.24 bits per heavy atom. The fraction of sp³-hybridized carbons (Fsp3) is 0.348. The lowest BCUT2D eigenvalue weighted by atomic mass is 9.78. The third-order valence-electron chi connectivity index (χ3n) is 5.21.